The van der Waals surface area contributed by atoms with Crippen molar-refractivity contribution in [1.29, 1.82) is 0 Å². The number of carbonyl (C=O) groups is 1. The first kappa shape index (κ1) is 31.2. The van der Waals surface area contributed by atoms with Gasteiger partial charge in [0.15, 0.2) is 0 Å². The van der Waals surface area contributed by atoms with Crippen LogP contribution in [0.3, 0.4) is 0 Å². The summed E-state index contributed by atoms with van der Waals surface area (Å²) in [5.41, 5.74) is 5.31. The second-order valence-electron chi connectivity index (χ2n) is 7.20. The molecule has 0 aliphatic heterocycles. The van der Waals surface area contributed by atoms with Gasteiger partial charge < -0.3 is 38.9 Å². The Morgan fingerprint density at radius 1 is 0.531 bits per heavy atom. The van der Waals surface area contributed by atoms with Gasteiger partial charge in [-0.2, -0.15) is 0 Å². The molecule has 0 aromatic heterocycles. The van der Waals surface area contributed by atoms with E-state index in [0.717, 1.165) is 12.8 Å². The standard InChI is InChI=1S/C23H47NO8/c1-2-3-4-5-6-7-8-23(25)32-22-21-31-20-19-30-18-17-29-16-15-28-14-13-27-12-11-26-10-9-24/h2-22,24H2,1H3. The minimum atomic E-state index is -0.137. The van der Waals surface area contributed by atoms with E-state index in [1.54, 1.807) is 0 Å². The van der Waals surface area contributed by atoms with Gasteiger partial charge in [-0.1, -0.05) is 39.0 Å². The summed E-state index contributed by atoms with van der Waals surface area (Å²) in [4.78, 5) is 11.6. The van der Waals surface area contributed by atoms with Crippen molar-refractivity contribution in [2.24, 2.45) is 5.73 Å². The zero-order valence-electron chi connectivity index (χ0n) is 20.2. The normalized spacial score (nSPS) is 11.2. The predicted molar refractivity (Wildman–Crippen MR) is 123 cm³/mol. The molecule has 0 aromatic rings. The molecule has 0 unspecified atom stereocenters. The number of carbonyl (C=O) groups excluding carboxylic acids is 1. The molecule has 0 amide bonds. The smallest absolute Gasteiger partial charge is 0.305 e. The molecule has 2 N–H and O–H groups in total. The fraction of sp³-hybridized carbons (Fsp3) is 0.957. The van der Waals surface area contributed by atoms with Crippen LogP contribution >= 0.6 is 0 Å². The lowest BCUT2D eigenvalue weighted by Gasteiger charge is -2.08. The van der Waals surface area contributed by atoms with Gasteiger partial charge in [0.2, 0.25) is 0 Å². The van der Waals surface area contributed by atoms with Gasteiger partial charge in [-0.15, -0.1) is 0 Å². The van der Waals surface area contributed by atoms with Crippen molar-refractivity contribution in [2.45, 2.75) is 51.9 Å². The van der Waals surface area contributed by atoms with E-state index in [2.05, 4.69) is 6.92 Å². The van der Waals surface area contributed by atoms with Gasteiger partial charge in [-0.3, -0.25) is 4.79 Å². The lowest BCUT2D eigenvalue weighted by atomic mass is 10.1. The SMILES string of the molecule is CCCCCCCCC(=O)OCCOCCOCCOCCOCCOCCOCCN. The summed E-state index contributed by atoms with van der Waals surface area (Å²) in [5.74, 6) is -0.137. The summed E-state index contributed by atoms with van der Waals surface area (Å²) in [5, 5.41) is 0. The summed E-state index contributed by atoms with van der Waals surface area (Å²) in [6.45, 7) is 9.14. The van der Waals surface area contributed by atoms with Crippen molar-refractivity contribution in [3.63, 3.8) is 0 Å². The van der Waals surface area contributed by atoms with Gasteiger partial charge in [-0.05, 0) is 6.42 Å². The topological polar surface area (TPSA) is 108 Å². The third-order valence-electron chi connectivity index (χ3n) is 4.35. The van der Waals surface area contributed by atoms with Crippen molar-refractivity contribution in [3.05, 3.63) is 0 Å². The van der Waals surface area contributed by atoms with Gasteiger partial charge in [0, 0.05) is 13.0 Å². The summed E-state index contributed by atoms with van der Waals surface area (Å²) in [6.07, 6.45) is 7.47. The highest BCUT2D eigenvalue weighted by Gasteiger charge is 2.02. The molecule has 0 spiro atoms. The maximum atomic E-state index is 11.6. The van der Waals surface area contributed by atoms with E-state index in [9.17, 15) is 4.79 Å². The van der Waals surface area contributed by atoms with Gasteiger partial charge in [0.25, 0.3) is 0 Å². The third kappa shape index (κ3) is 27.2. The van der Waals surface area contributed by atoms with Crippen LogP contribution in [-0.2, 0) is 38.0 Å². The van der Waals surface area contributed by atoms with Gasteiger partial charge in [-0.25, -0.2) is 0 Å². The van der Waals surface area contributed by atoms with Gasteiger partial charge >= 0.3 is 5.97 Å². The number of hydrogen-bond acceptors (Lipinski definition) is 9. The fourth-order valence-corrected chi connectivity index (χ4v) is 2.62. The van der Waals surface area contributed by atoms with Crippen LogP contribution in [-0.4, -0.2) is 98.4 Å². The van der Waals surface area contributed by atoms with Crippen LogP contribution in [0.25, 0.3) is 0 Å². The molecule has 0 atom stereocenters. The molecule has 0 saturated carbocycles. The highest BCUT2D eigenvalue weighted by molar-refractivity contribution is 5.69. The molecule has 0 radical (unpaired) electrons. The largest absolute Gasteiger partial charge is 0.463 e. The maximum absolute atomic E-state index is 11.6. The van der Waals surface area contributed by atoms with E-state index in [1.807, 2.05) is 0 Å². The molecule has 9 heteroatoms. The fourth-order valence-electron chi connectivity index (χ4n) is 2.62. The monoisotopic (exact) mass is 465 g/mol. The Hall–Kier alpha value is -0.810. The number of hydrogen-bond donors (Lipinski definition) is 1. The van der Waals surface area contributed by atoms with Gasteiger partial charge in [0.05, 0.1) is 79.3 Å². The molecule has 0 rings (SSSR count). The van der Waals surface area contributed by atoms with E-state index in [-0.39, 0.29) is 5.97 Å². The Kier molecular flexibility index (Phi) is 27.5. The Bertz CT molecular complexity index is 374. The Labute approximate surface area is 194 Å². The second kappa shape index (κ2) is 28.2. The minimum absolute atomic E-state index is 0.137. The van der Waals surface area contributed by atoms with E-state index in [1.165, 1.54) is 25.7 Å². The van der Waals surface area contributed by atoms with Crippen LogP contribution in [0.4, 0.5) is 0 Å². The highest BCUT2D eigenvalue weighted by atomic mass is 16.6. The zero-order valence-corrected chi connectivity index (χ0v) is 20.2. The van der Waals surface area contributed by atoms with Crippen molar-refractivity contribution >= 4 is 5.97 Å². The van der Waals surface area contributed by atoms with Crippen LogP contribution in [0, 0.1) is 0 Å². The molecule has 0 bridgehead atoms. The Balaban J connectivity index is 3.09. The van der Waals surface area contributed by atoms with Crippen molar-refractivity contribution in [2.75, 3.05) is 92.4 Å². The zero-order chi connectivity index (χ0) is 23.4. The van der Waals surface area contributed by atoms with Crippen LogP contribution in [0.2, 0.25) is 0 Å². The summed E-state index contributed by atoms with van der Waals surface area (Å²) in [7, 11) is 0. The molecule has 0 aliphatic carbocycles. The summed E-state index contributed by atoms with van der Waals surface area (Å²) in [6, 6.07) is 0. The first-order chi connectivity index (χ1) is 15.8. The Morgan fingerprint density at radius 2 is 0.906 bits per heavy atom. The molecular formula is C23H47NO8. The number of esters is 1. The minimum Gasteiger partial charge on any atom is -0.463 e. The van der Waals surface area contributed by atoms with Crippen molar-refractivity contribution in [1.82, 2.24) is 0 Å². The van der Waals surface area contributed by atoms with E-state index < -0.39 is 0 Å². The second-order valence-corrected chi connectivity index (χ2v) is 7.20. The highest BCUT2D eigenvalue weighted by Crippen LogP contribution is 2.07. The molecule has 32 heavy (non-hydrogen) atoms. The van der Waals surface area contributed by atoms with E-state index >= 15 is 0 Å². The third-order valence-corrected chi connectivity index (χ3v) is 4.35. The van der Waals surface area contributed by atoms with Crippen LogP contribution < -0.4 is 5.73 Å². The summed E-state index contributed by atoms with van der Waals surface area (Å²) < 4.78 is 37.3. The number of unbranched alkanes of at least 4 members (excludes halogenated alkanes) is 5. The lowest BCUT2D eigenvalue weighted by molar-refractivity contribution is -0.145. The first-order valence-corrected chi connectivity index (χ1v) is 12.1. The molecule has 0 aliphatic rings. The lowest BCUT2D eigenvalue weighted by Crippen LogP contribution is -2.15. The van der Waals surface area contributed by atoms with Gasteiger partial charge in [0.1, 0.15) is 6.61 Å². The summed E-state index contributed by atoms with van der Waals surface area (Å²) >= 11 is 0. The molecule has 0 aromatic carbocycles. The molecule has 192 valence electrons. The van der Waals surface area contributed by atoms with Crippen molar-refractivity contribution in [3.8, 4) is 0 Å². The molecule has 0 heterocycles. The molecular weight excluding hydrogens is 418 g/mol. The molecule has 0 saturated heterocycles. The van der Waals surface area contributed by atoms with Crippen LogP contribution in [0.5, 0.6) is 0 Å². The predicted octanol–water partition coefficient (Wildman–Crippen LogP) is 2.34. The average Bonchev–Trinajstić information content (AvgIpc) is 2.80. The number of ether oxygens (including phenoxy) is 7. The Morgan fingerprint density at radius 3 is 1.34 bits per heavy atom. The molecule has 9 nitrogen and oxygen atoms in total. The van der Waals surface area contributed by atoms with E-state index in [4.69, 9.17) is 38.9 Å². The van der Waals surface area contributed by atoms with Crippen molar-refractivity contribution < 1.29 is 38.0 Å². The average molecular weight is 466 g/mol. The first-order valence-electron chi connectivity index (χ1n) is 12.1. The van der Waals surface area contributed by atoms with Crippen LogP contribution in [0.1, 0.15) is 51.9 Å². The van der Waals surface area contributed by atoms with Crippen LogP contribution in [0.15, 0.2) is 0 Å². The number of rotatable bonds is 27. The van der Waals surface area contributed by atoms with E-state index in [0.29, 0.717) is 98.9 Å². The quantitative estimate of drug-likeness (QED) is 0.144. The maximum Gasteiger partial charge on any atom is 0.305 e. The number of nitrogens with two attached hydrogens (primary N) is 1. The molecule has 0 fully saturated rings.